The minimum Gasteiger partial charge on any atom is -0.465 e. The number of amides is 2. The van der Waals surface area contributed by atoms with Crippen LogP contribution < -0.4 is 9.62 Å². The smallest absolute Gasteiger partial charge is 0.407 e. The molecule has 1 fully saturated rings. The number of hydrogen-bond donors (Lipinski definition) is 2. The molecule has 1 aliphatic heterocycles. The molecule has 2 aromatic rings. The van der Waals surface area contributed by atoms with Crippen LogP contribution in [-0.2, 0) is 10.0 Å². The molecule has 2 aromatic carbocycles. The Morgan fingerprint density at radius 3 is 2.04 bits per heavy atom. The summed E-state index contributed by atoms with van der Waals surface area (Å²) in [6.45, 7) is 1.93. The summed E-state index contributed by atoms with van der Waals surface area (Å²) in [7, 11) is -3.92. The normalized spacial score (nSPS) is 14.7. The van der Waals surface area contributed by atoms with Gasteiger partial charge in [0.2, 0.25) is 0 Å². The number of nitrogens with zero attached hydrogens (tertiary/aromatic N) is 2. The van der Waals surface area contributed by atoms with E-state index in [4.69, 9.17) is 5.11 Å². The van der Waals surface area contributed by atoms with E-state index < -0.39 is 22.0 Å². The van der Waals surface area contributed by atoms with Gasteiger partial charge < -0.3 is 14.9 Å². The average Bonchev–Trinajstić information content (AvgIpc) is 2.68. The fraction of sp³-hybridized carbons (Fsp3) is 0.222. The maximum atomic E-state index is 12.3. The van der Waals surface area contributed by atoms with Crippen molar-refractivity contribution in [3.63, 3.8) is 0 Å². The first-order chi connectivity index (χ1) is 12.9. The van der Waals surface area contributed by atoms with E-state index >= 15 is 0 Å². The quantitative estimate of drug-likeness (QED) is 0.823. The van der Waals surface area contributed by atoms with Crippen molar-refractivity contribution in [2.75, 3.05) is 31.1 Å². The van der Waals surface area contributed by atoms with Gasteiger partial charge in [-0.25, -0.2) is 17.9 Å². The highest BCUT2D eigenvalue weighted by Crippen LogP contribution is 2.18. The van der Waals surface area contributed by atoms with Crippen molar-refractivity contribution in [1.29, 1.82) is 0 Å². The molecule has 8 nitrogen and oxygen atoms in total. The van der Waals surface area contributed by atoms with Crippen molar-refractivity contribution in [1.82, 2.24) is 9.62 Å². The molecule has 9 heteroatoms. The highest BCUT2D eigenvalue weighted by molar-refractivity contribution is 7.90. The number of benzene rings is 2. The van der Waals surface area contributed by atoms with Crippen molar-refractivity contribution in [2.45, 2.75) is 4.90 Å². The van der Waals surface area contributed by atoms with Crippen LogP contribution in [-0.4, -0.2) is 56.6 Å². The Morgan fingerprint density at radius 2 is 1.48 bits per heavy atom. The maximum Gasteiger partial charge on any atom is 0.407 e. The first-order valence-corrected chi connectivity index (χ1v) is 9.80. The number of carbonyl (C=O) groups is 2. The molecule has 0 bridgehead atoms. The zero-order valence-electron chi connectivity index (χ0n) is 14.4. The molecular formula is C18H19N3O5S. The van der Waals surface area contributed by atoms with Gasteiger partial charge in [-0.1, -0.05) is 18.2 Å². The van der Waals surface area contributed by atoms with Gasteiger partial charge in [0, 0.05) is 37.4 Å². The minimum atomic E-state index is -3.92. The van der Waals surface area contributed by atoms with Crippen molar-refractivity contribution < 1.29 is 23.1 Å². The second kappa shape index (κ2) is 7.67. The second-order valence-electron chi connectivity index (χ2n) is 6.05. The monoisotopic (exact) mass is 389 g/mol. The van der Waals surface area contributed by atoms with Crippen LogP contribution in [0.25, 0.3) is 0 Å². The number of piperazine rings is 1. The summed E-state index contributed by atoms with van der Waals surface area (Å²) in [4.78, 5) is 26.6. The minimum absolute atomic E-state index is 0.0197. The molecule has 142 valence electrons. The molecule has 3 rings (SSSR count). The number of anilines is 1. The molecule has 27 heavy (non-hydrogen) atoms. The standard InChI is InChI=1S/C18H19N3O5S/c22-17(19-27(25,26)16-4-2-1-3-5-16)14-6-8-15(9-7-14)20-10-12-21(13-11-20)18(23)24/h1-9H,10-13H2,(H,19,22)(H,23,24). The van der Waals surface area contributed by atoms with Crippen molar-refractivity contribution in [3.8, 4) is 0 Å². The Bertz CT molecular complexity index is 921. The molecule has 0 unspecified atom stereocenters. The molecule has 0 aliphatic carbocycles. The number of sulfonamides is 1. The van der Waals surface area contributed by atoms with Crippen LogP contribution in [0.5, 0.6) is 0 Å². The molecule has 0 radical (unpaired) electrons. The van der Waals surface area contributed by atoms with Crippen molar-refractivity contribution in [2.24, 2.45) is 0 Å². The lowest BCUT2D eigenvalue weighted by atomic mass is 10.1. The average molecular weight is 389 g/mol. The predicted molar refractivity (Wildman–Crippen MR) is 99.3 cm³/mol. The summed E-state index contributed by atoms with van der Waals surface area (Å²) in [5, 5.41) is 8.98. The first kappa shape index (κ1) is 18.7. The van der Waals surface area contributed by atoms with Gasteiger partial charge in [-0.3, -0.25) is 4.79 Å². The summed E-state index contributed by atoms with van der Waals surface area (Å²) in [6.07, 6.45) is -0.929. The Kier molecular flexibility index (Phi) is 5.31. The molecule has 0 atom stereocenters. The van der Waals surface area contributed by atoms with E-state index in [0.717, 1.165) is 5.69 Å². The number of rotatable bonds is 4. The molecule has 1 saturated heterocycles. The molecule has 2 N–H and O–H groups in total. The molecule has 0 spiro atoms. The van der Waals surface area contributed by atoms with Gasteiger partial charge in [0.1, 0.15) is 0 Å². The van der Waals surface area contributed by atoms with Crippen molar-refractivity contribution >= 4 is 27.7 Å². The maximum absolute atomic E-state index is 12.3. The van der Waals surface area contributed by atoms with Gasteiger partial charge >= 0.3 is 6.09 Å². The fourth-order valence-corrected chi connectivity index (χ4v) is 3.81. The zero-order valence-corrected chi connectivity index (χ0v) is 15.2. The summed E-state index contributed by atoms with van der Waals surface area (Å²) < 4.78 is 26.5. The third kappa shape index (κ3) is 4.37. The van der Waals surface area contributed by atoms with E-state index in [2.05, 4.69) is 4.72 Å². The van der Waals surface area contributed by atoms with Crippen LogP contribution in [0, 0.1) is 0 Å². The van der Waals surface area contributed by atoms with Gasteiger partial charge in [0.25, 0.3) is 15.9 Å². The van der Waals surface area contributed by atoms with E-state index in [0.29, 0.717) is 26.2 Å². The van der Waals surface area contributed by atoms with Gasteiger partial charge in [-0.05, 0) is 36.4 Å². The van der Waals surface area contributed by atoms with Gasteiger partial charge in [-0.2, -0.15) is 0 Å². The van der Waals surface area contributed by atoms with E-state index in [1.165, 1.54) is 17.0 Å². The van der Waals surface area contributed by atoms with Crippen LogP contribution in [0.3, 0.4) is 0 Å². The molecular weight excluding hydrogens is 370 g/mol. The highest BCUT2D eigenvalue weighted by atomic mass is 32.2. The SMILES string of the molecule is O=C(NS(=O)(=O)c1ccccc1)c1ccc(N2CCN(C(=O)O)CC2)cc1. The molecule has 2 amide bonds. The van der Waals surface area contributed by atoms with Crippen LogP contribution >= 0.6 is 0 Å². The van der Waals surface area contributed by atoms with Crippen LogP contribution in [0.1, 0.15) is 10.4 Å². The largest absolute Gasteiger partial charge is 0.465 e. The van der Waals surface area contributed by atoms with E-state index in [9.17, 15) is 18.0 Å². The fourth-order valence-electron chi connectivity index (χ4n) is 2.82. The van der Waals surface area contributed by atoms with Gasteiger partial charge in [-0.15, -0.1) is 0 Å². The van der Waals surface area contributed by atoms with Crippen LogP contribution in [0.15, 0.2) is 59.5 Å². The second-order valence-corrected chi connectivity index (χ2v) is 7.73. The van der Waals surface area contributed by atoms with E-state index in [1.807, 2.05) is 4.90 Å². The summed E-state index contributed by atoms with van der Waals surface area (Å²) in [5.41, 5.74) is 1.07. The molecule has 0 saturated carbocycles. The molecule has 1 aliphatic rings. The van der Waals surface area contributed by atoms with E-state index in [1.54, 1.807) is 42.5 Å². The lowest BCUT2D eigenvalue weighted by Gasteiger charge is -2.34. The summed E-state index contributed by atoms with van der Waals surface area (Å²) in [5.74, 6) is -0.707. The topological polar surface area (TPSA) is 107 Å². The summed E-state index contributed by atoms with van der Waals surface area (Å²) in [6, 6.07) is 14.2. The number of nitrogens with one attached hydrogen (secondary N) is 1. The van der Waals surface area contributed by atoms with Crippen molar-refractivity contribution in [3.05, 3.63) is 60.2 Å². The third-order valence-electron chi connectivity index (χ3n) is 4.33. The molecule has 1 heterocycles. The predicted octanol–water partition coefficient (Wildman–Crippen LogP) is 1.61. The Labute approximate surface area is 157 Å². The van der Waals surface area contributed by atoms with Crippen LogP contribution in [0.2, 0.25) is 0 Å². The number of hydrogen-bond acceptors (Lipinski definition) is 5. The Hall–Kier alpha value is -3.07. The van der Waals surface area contributed by atoms with E-state index in [-0.39, 0.29) is 10.5 Å². The third-order valence-corrected chi connectivity index (χ3v) is 5.67. The number of carbonyl (C=O) groups excluding carboxylic acids is 1. The Morgan fingerprint density at radius 1 is 0.889 bits per heavy atom. The molecule has 0 aromatic heterocycles. The number of carboxylic acid groups (broad SMARTS) is 1. The first-order valence-electron chi connectivity index (χ1n) is 8.32. The zero-order chi connectivity index (χ0) is 19.4. The van der Waals surface area contributed by atoms with Gasteiger partial charge in [0.15, 0.2) is 0 Å². The summed E-state index contributed by atoms with van der Waals surface area (Å²) >= 11 is 0. The lowest BCUT2D eigenvalue weighted by molar-refractivity contribution is 0.0981. The van der Waals surface area contributed by atoms with Crippen LogP contribution in [0.4, 0.5) is 10.5 Å². The van der Waals surface area contributed by atoms with Gasteiger partial charge in [0.05, 0.1) is 4.90 Å². The Balaban J connectivity index is 1.65. The lowest BCUT2D eigenvalue weighted by Crippen LogP contribution is -2.48. The highest BCUT2D eigenvalue weighted by Gasteiger charge is 2.21.